The summed E-state index contributed by atoms with van der Waals surface area (Å²) >= 11 is 1.24. The smallest absolute Gasteiger partial charge is 0.275 e. The second kappa shape index (κ2) is 10.7. The lowest BCUT2D eigenvalue weighted by Crippen LogP contribution is -2.20. The molecule has 2 aromatic heterocycles. The largest absolute Gasteiger partial charge is 0.496 e. The molecule has 0 spiro atoms. The molecule has 34 heavy (non-hydrogen) atoms. The molecule has 1 aliphatic heterocycles. The van der Waals surface area contributed by atoms with Gasteiger partial charge in [-0.15, -0.1) is 10.2 Å². The van der Waals surface area contributed by atoms with Crippen LogP contribution >= 0.6 is 11.8 Å². The monoisotopic (exact) mass is 487 g/mol. The summed E-state index contributed by atoms with van der Waals surface area (Å²) in [6, 6.07) is 6.03. The summed E-state index contributed by atoms with van der Waals surface area (Å²) in [6.07, 6.45) is 3.77. The number of anilines is 1. The van der Waals surface area contributed by atoms with E-state index in [0.29, 0.717) is 18.2 Å². The fraction of sp³-hybridized carbons (Fsp3) is 0.429. The van der Waals surface area contributed by atoms with Crippen LogP contribution in [-0.4, -0.2) is 60.9 Å². The number of nitro benzene ring substituents is 1. The summed E-state index contributed by atoms with van der Waals surface area (Å²) in [5.41, 5.74) is 1.12. The minimum atomic E-state index is -0.538. The third-order valence-electron chi connectivity index (χ3n) is 5.38. The Hall–Kier alpha value is -3.45. The number of nitrogens with one attached hydrogen (secondary N) is 1. The number of benzene rings is 1. The zero-order valence-corrected chi connectivity index (χ0v) is 19.7. The van der Waals surface area contributed by atoms with Crippen LogP contribution in [-0.2, 0) is 22.6 Å². The number of thioether (sulfide) groups is 1. The predicted molar refractivity (Wildman–Crippen MR) is 124 cm³/mol. The molecule has 1 atom stereocenters. The Balaban J connectivity index is 1.46. The Morgan fingerprint density at radius 2 is 2.24 bits per heavy atom. The van der Waals surface area contributed by atoms with Gasteiger partial charge in [0.25, 0.3) is 5.69 Å². The number of nitro groups is 1. The molecular formula is C21H25N7O5S. The lowest BCUT2D eigenvalue weighted by Gasteiger charge is -2.15. The normalized spacial score (nSPS) is 15.4. The van der Waals surface area contributed by atoms with Gasteiger partial charge in [0.2, 0.25) is 5.91 Å². The summed E-state index contributed by atoms with van der Waals surface area (Å²) in [7, 11) is 1.41. The van der Waals surface area contributed by atoms with Crippen LogP contribution in [0.1, 0.15) is 24.4 Å². The molecule has 4 rings (SSSR count). The summed E-state index contributed by atoms with van der Waals surface area (Å²) in [5.74, 6) is 0.736. The van der Waals surface area contributed by atoms with E-state index >= 15 is 0 Å². The molecule has 12 nitrogen and oxygen atoms in total. The van der Waals surface area contributed by atoms with Gasteiger partial charge in [0, 0.05) is 30.6 Å². The van der Waals surface area contributed by atoms with Crippen molar-refractivity contribution in [3.05, 3.63) is 52.1 Å². The van der Waals surface area contributed by atoms with Crippen molar-refractivity contribution in [1.29, 1.82) is 0 Å². The Morgan fingerprint density at radius 3 is 2.91 bits per heavy atom. The van der Waals surface area contributed by atoms with Crippen LogP contribution in [0.15, 0.2) is 35.6 Å². The van der Waals surface area contributed by atoms with Crippen LogP contribution in [0, 0.1) is 17.0 Å². The van der Waals surface area contributed by atoms with Crippen LogP contribution in [0.3, 0.4) is 0 Å². The molecule has 1 N–H and O–H groups in total. The van der Waals surface area contributed by atoms with Crippen molar-refractivity contribution in [2.24, 2.45) is 0 Å². The number of amides is 1. The summed E-state index contributed by atoms with van der Waals surface area (Å²) < 4.78 is 14.7. The highest BCUT2D eigenvalue weighted by Crippen LogP contribution is 2.27. The van der Waals surface area contributed by atoms with E-state index in [0.717, 1.165) is 31.0 Å². The summed E-state index contributed by atoms with van der Waals surface area (Å²) in [4.78, 5) is 23.2. The number of rotatable bonds is 10. The van der Waals surface area contributed by atoms with Gasteiger partial charge in [-0.05, 0) is 25.8 Å². The number of non-ortho nitro benzene ring substituents is 1. The Morgan fingerprint density at radius 1 is 1.38 bits per heavy atom. The first-order valence-electron chi connectivity index (χ1n) is 10.7. The van der Waals surface area contributed by atoms with E-state index in [4.69, 9.17) is 9.47 Å². The van der Waals surface area contributed by atoms with Crippen molar-refractivity contribution < 1.29 is 19.2 Å². The van der Waals surface area contributed by atoms with Gasteiger partial charge in [0.15, 0.2) is 11.0 Å². The van der Waals surface area contributed by atoms with Crippen molar-refractivity contribution in [1.82, 2.24) is 24.5 Å². The maximum atomic E-state index is 12.6. The van der Waals surface area contributed by atoms with Crippen LogP contribution in [0.25, 0.3) is 0 Å². The zero-order chi connectivity index (χ0) is 24.1. The number of carbonyl (C=O) groups is 1. The average molecular weight is 488 g/mol. The number of methoxy groups -OCH3 is 1. The van der Waals surface area contributed by atoms with Gasteiger partial charge in [-0.25, -0.2) is 0 Å². The topological polar surface area (TPSA) is 139 Å². The van der Waals surface area contributed by atoms with Gasteiger partial charge in [-0.2, -0.15) is 5.10 Å². The number of aryl methyl sites for hydroxylation is 1. The van der Waals surface area contributed by atoms with Crippen molar-refractivity contribution in [3.8, 4) is 5.75 Å². The molecular weight excluding hydrogens is 462 g/mol. The summed E-state index contributed by atoms with van der Waals surface area (Å²) in [6.45, 7) is 3.75. The van der Waals surface area contributed by atoms with Gasteiger partial charge in [-0.1, -0.05) is 11.8 Å². The number of hydrogen-bond donors (Lipinski definition) is 1. The first kappa shape index (κ1) is 23.7. The second-order valence-electron chi connectivity index (χ2n) is 7.79. The van der Waals surface area contributed by atoms with Gasteiger partial charge in [0.05, 0.1) is 42.2 Å². The Labute approximate surface area is 199 Å². The number of carbonyl (C=O) groups excluding carboxylic acids is 1. The molecule has 3 aromatic rings. The molecule has 1 aliphatic rings. The summed E-state index contributed by atoms with van der Waals surface area (Å²) in [5, 5.41) is 27.4. The molecule has 1 aromatic carbocycles. The van der Waals surface area contributed by atoms with Gasteiger partial charge >= 0.3 is 0 Å². The molecule has 0 bridgehead atoms. The van der Waals surface area contributed by atoms with Crippen LogP contribution in [0.4, 0.5) is 11.4 Å². The molecule has 13 heteroatoms. The van der Waals surface area contributed by atoms with E-state index in [-0.39, 0.29) is 34.9 Å². The minimum absolute atomic E-state index is 0.0511. The quantitative estimate of drug-likeness (QED) is 0.260. The van der Waals surface area contributed by atoms with Crippen molar-refractivity contribution >= 4 is 29.0 Å². The Kier molecular flexibility index (Phi) is 7.43. The van der Waals surface area contributed by atoms with E-state index in [1.54, 1.807) is 6.20 Å². The van der Waals surface area contributed by atoms with Crippen LogP contribution < -0.4 is 10.1 Å². The van der Waals surface area contributed by atoms with Crippen molar-refractivity contribution in [3.63, 3.8) is 0 Å². The number of ether oxygens (including phenoxy) is 2. The third kappa shape index (κ3) is 5.72. The lowest BCUT2D eigenvalue weighted by atomic mass is 10.2. The number of aromatic nitrogens is 5. The second-order valence-corrected chi connectivity index (χ2v) is 8.73. The molecule has 0 radical (unpaired) electrons. The molecule has 1 saturated heterocycles. The molecule has 1 unspecified atom stereocenters. The van der Waals surface area contributed by atoms with E-state index in [2.05, 4.69) is 20.6 Å². The molecule has 0 saturated carbocycles. The molecule has 3 heterocycles. The van der Waals surface area contributed by atoms with Gasteiger partial charge in [0.1, 0.15) is 12.3 Å². The molecule has 1 fully saturated rings. The molecule has 180 valence electrons. The fourth-order valence-electron chi connectivity index (χ4n) is 3.62. The van der Waals surface area contributed by atoms with Crippen molar-refractivity contribution in [2.75, 3.05) is 24.8 Å². The molecule has 1 amide bonds. The zero-order valence-electron chi connectivity index (χ0n) is 18.8. The van der Waals surface area contributed by atoms with Crippen LogP contribution in [0.5, 0.6) is 5.75 Å². The van der Waals surface area contributed by atoms with Gasteiger partial charge < -0.3 is 19.4 Å². The van der Waals surface area contributed by atoms with E-state index in [1.807, 2.05) is 22.2 Å². The van der Waals surface area contributed by atoms with Crippen molar-refractivity contribution in [2.45, 2.75) is 44.1 Å². The number of nitrogens with zero attached hydrogens (tertiary/aromatic N) is 6. The highest BCUT2D eigenvalue weighted by Gasteiger charge is 2.22. The SMILES string of the molecule is COc1cc(NC(=O)CSc2nnc(Cn3nccc3C)n2CC2CCCO2)cc([N+](=O)[O-])c1. The minimum Gasteiger partial charge on any atom is -0.496 e. The van der Waals surface area contributed by atoms with E-state index < -0.39 is 4.92 Å². The third-order valence-corrected chi connectivity index (χ3v) is 6.34. The maximum Gasteiger partial charge on any atom is 0.275 e. The number of hydrogen-bond acceptors (Lipinski definition) is 9. The highest BCUT2D eigenvalue weighted by molar-refractivity contribution is 7.99. The van der Waals surface area contributed by atoms with Gasteiger partial charge in [-0.3, -0.25) is 19.6 Å². The fourth-order valence-corrected chi connectivity index (χ4v) is 4.39. The Bertz CT molecular complexity index is 1170. The van der Waals surface area contributed by atoms with Crippen LogP contribution in [0.2, 0.25) is 0 Å². The van der Waals surface area contributed by atoms with E-state index in [9.17, 15) is 14.9 Å². The standard InChI is InChI=1S/C21H25N7O5S/c1-14-5-6-22-27(14)12-19-24-25-21(26(19)11-17-4-3-7-33-17)34-13-20(29)23-15-8-16(28(30)31)10-18(9-15)32-2/h5-6,8-10,17H,3-4,7,11-13H2,1-2H3,(H,23,29). The lowest BCUT2D eigenvalue weighted by molar-refractivity contribution is -0.384. The average Bonchev–Trinajstić information content (AvgIpc) is 3.56. The highest BCUT2D eigenvalue weighted by atomic mass is 32.2. The first-order chi connectivity index (χ1) is 16.4. The predicted octanol–water partition coefficient (Wildman–Crippen LogP) is 2.66. The van der Waals surface area contributed by atoms with E-state index in [1.165, 1.54) is 37.1 Å². The molecule has 0 aliphatic carbocycles. The first-order valence-corrected chi connectivity index (χ1v) is 11.7. The maximum absolute atomic E-state index is 12.6.